The topological polar surface area (TPSA) is 77.2 Å². The summed E-state index contributed by atoms with van der Waals surface area (Å²) in [6.45, 7) is 3.70. The summed E-state index contributed by atoms with van der Waals surface area (Å²) in [5.41, 5.74) is 1.59. The van der Waals surface area contributed by atoms with Gasteiger partial charge in [0.05, 0.1) is 12.3 Å². The van der Waals surface area contributed by atoms with E-state index in [1.54, 1.807) is 25.4 Å². The van der Waals surface area contributed by atoms with E-state index in [4.69, 9.17) is 9.84 Å². The lowest BCUT2D eigenvalue weighted by atomic mass is 10.1. The van der Waals surface area contributed by atoms with Crippen LogP contribution in [0.5, 0.6) is 5.75 Å². The van der Waals surface area contributed by atoms with Gasteiger partial charge in [0.25, 0.3) is 0 Å². The molecule has 0 bridgehead atoms. The molecule has 1 heterocycles. The second kappa shape index (κ2) is 5.09. The number of aryl methyl sites for hydroxylation is 1. The Balaban J connectivity index is 2.45. The van der Waals surface area contributed by atoms with Crippen LogP contribution in [0.4, 0.5) is 0 Å². The number of benzene rings is 1. The number of ether oxygens (including phenoxy) is 1. The lowest BCUT2D eigenvalue weighted by molar-refractivity contribution is 0.0690. The van der Waals surface area contributed by atoms with E-state index >= 15 is 0 Å². The molecule has 1 aromatic carbocycles. The van der Waals surface area contributed by atoms with Crippen LogP contribution < -0.4 is 4.74 Å². The van der Waals surface area contributed by atoms with Gasteiger partial charge in [-0.1, -0.05) is 6.07 Å². The molecule has 0 atom stereocenters. The second-order valence-corrected chi connectivity index (χ2v) is 4.40. The van der Waals surface area contributed by atoms with E-state index in [1.807, 2.05) is 13.8 Å². The van der Waals surface area contributed by atoms with E-state index in [0.29, 0.717) is 11.4 Å². The molecule has 0 aliphatic carbocycles. The Morgan fingerprint density at radius 3 is 2.68 bits per heavy atom. The van der Waals surface area contributed by atoms with Gasteiger partial charge in [-0.3, -0.25) is 0 Å². The van der Waals surface area contributed by atoms with Gasteiger partial charge in [0.1, 0.15) is 17.0 Å². The maximum Gasteiger partial charge on any atom is 0.339 e. The van der Waals surface area contributed by atoms with E-state index in [0.717, 1.165) is 5.56 Å². The Bertz CT molecular complexity index is 605. The van der Waals surface area contributed by atoms with Crippen LogP contribution >= 0.6 is 0 Å². The molecule has 0 fully saturated rings. The normalized spacial score (nSPS) is 10.7. The van der Waals surface area contributed by atoms with Crippen LogP contribution in [0.2, 0.25) is 0 Å². The Morgan fingerprint density at radius 1 is 1.42 bits per heavy atom. The molecule has 100 valence electrons. The van der Waals surface area contributed by atoms with E-state index in [-0.39, 0.29) is 11.7 Å². The minimum atomic E-state index is -1.01. The van der Waals surface area contributed by atoms with Gasteiger partial charge in [0, 0.05) is 12.6 Å². The number of rotatable bonds is 4. The molecule has 0 spiro atoms. The highest BCUT2D eigenvalue weighted by molar-refractivity contribution is 5.91. The van der Waals surface area contributed by atoms with Gasteiger partial charge in [-0.15, -0.1) is 0 Å². The van der Waals surface area contributed by atoms with Crippen LogP contribution in [-0.2, 0) is 7.05 Å². The number of carboxylic acid groups (broad SMARTS) is 1. The van der Waals surface area contributed by atoms with E-state index in [2.05, 4.69) is 10.2 Å². The zero-order valence-corrected chi connectivity index (χ0v) is 11.0. The Hall–Kier alpha value is -2.37. The molecule has 0 saturated heterocycles. The van der Waals surface area contributed by atoms with E-state index < -0.39 is 5.97 Å². The number of hydrogen-bond donors (Lipinski definition) is 1. The van der Waals surface area contributed by atoms with Gasteiger partial charge in [-0.05, 0) is 26.0 Å². The van der Waals surface area contributed by atoms with Crippen molar-refractivity contribution in [2.24, 2.45) is 7.05 Å². The fraction of sp³-hybridized carbons (Fsp3) is 0.308. The average molecular weight is 261 g/mol. The summed E-state index contributed by atoms with van der Waals surface area (Å²) in [6.07, 6.45) is 1.52. The van der Waals surface area contributed by atoms with Crippen molar-refractivity contribution in [2.75, 3.05) is 0 Å². The van der Waals surface area contributed by atoms with Crippen LogP contribution in [0.3, 0.4) is 0 Å². The number of nitrogens with zero attached hydrogens (tertiary/aromatic N) is 3. The molecule has 0 aliphatic rings. The predicted octanol–water partition coefficient (Wildman–Crippen LogP) is 1.97. The van der Waals surface area contributed by atoms with Crippen molar-refractivity contribution >= 4 is 5.97 Å². The predicted molar refractivity (Wildman–Crippen MR) is 69.2 cm³/mol. The highest BCUT2D eigenvalue weighted by Gasteiger charge is 2.14. The number of carbonyl (C=O) groups is 1. The summed E-state index contributed by atoms with van der Waals surface area (Å²) in [4.78, 5) is 12.6. The molecule has 0 amide bonds. The Labute approximate surface area is 110 Å². The molecule has 2 aromatic rings. The lowest BCUT2D eigenvalue weighted by Crippen LogP contribution is -2.10. The zero-order chi connectivity index (χ0) is 14.0. The first kappa shape index (κ1) is 13.1. The van der Waals surface area contributed by atoms with Crippen molar-refractivity contribution in [1.29, 1.82) is 0 Å². The summed E-state index contributed by atoms with van der Waals surface area (Å²) < 4.78 is 5.54. The molecule has 0 saturated carbocycles. The van der Waals surface area contributed by atoms with Gasteiger partial charge in [0.2, 0.25) is 0 Å². The monoisotopic (exact) mass is 261 g/mol. The average Bonchev–Trinajstić information content (AvgIpc) is 2.74. The first-order valence-corrected chi connectivity index (χ1v) is 5.88. The molecular weight excluding hydrogens is 246 g/mol. The summed E-state index contributed by atoms with van der Waals surface area (Å²) in [5, 5.41) is 17.3. The largest absolute Gasteiger partial charge is 0.490 e. The third-order valence-electron chi connectivity index (χ3n) is 2.47. The summed E-state index contributed by atoms with van der Waals surface area (Å²) in [5.74, 6) is -0.674. The molecule has 1 N–H and O–H groups in total. The number of aromatic nitrogens is 3. The van der Waals surface area contributed by atoms with Crippen LogP contribution in [0.25, 0.3) is 11.3 Å². The molecule has 1 aromatic heterocycles. The van der Waals surface area contributed by atoms with Crippen molar-refractivity contribution in [3.63, 3.8) is 0 Å². The van der Waals surface area contributed by atoms with Gasteiger partial charge in [-0.2, -0.15) is 15.0 Å². The SMILES string of the molecule is CC(C)Oc1cc(-c2cnn(C)n2)ccc1C(=O)O. The minimum Gasteiger partial charge on any atom is -0.490 e. The summed E-state index contributed by atoms with van der Waals surface area (Å²) in [6, 6.07) is 4.89. The highest BCUT2D eigenvalue weighted by Crippen LogP contribution is 2.27. The number of hydrogen-bond acceptors (Lipinski definition) is 4. The standard InChI is InChI=1S/C13H15N3O3/c1-8(2)19-12-6-9(4-5-10(12)13(17)18)11-7-14-16(3)15-11/h4-8H,1-3H3,(H,17,18). The highest BCUT2D eigenvalue weighted by atomic mass is 16.5. The Morgan fingerprint density at radius 2 is 2.16 bits per heavy atom. The molecule has 0 radical (unpaired) electrons. The van der Waals surface area contributed by atoms with E-state index in [1.165, 1.54) is 10.9 Å². The maximum absolute atomic E-state index is 11.1. The van der Waals surface area contributed by atoms with Crippen LogP contribution in [0, 0.1) is 0 Å². The van der Waals surface area contributed by atoms with Crippen LogP contribution in [0.15, 0.2) is 24.4 Å². The van der Waals surface area contributed by atoms with Gasteiger partial charge >= 0.3 is 5.97 Å². The molecule has 0 unspecified atom stereocenters. The molecule has 6 nitrogen and oxygen atoms in total. The van der Waals surface area contributed by atoms with Crippen molar-refractivity contribution in [1.82, 2.24) is 15.0 Å². The van der Waals surface area contributed by atoms with Crippen LogP contribution in [-0.4, -0.2) is 32.2 Å². The summed E-state index contributed by atoms with van der Waals surface area (Å²) in [7, 11) is 1.72. The first-order valence-electron chi connectivity index (χ1n) is 5.88. The fourth-order valence-electron chi connectivity index (χ4n) is 1.69. The minimum absolute atomic E-state index is 0.102. The van der Waals surface area contributed by atoms with E-state index in [9.17, 15) is 4.79 Å². The first-order chi connectivity index (χ1) is 8.97. The Kier molecular flexibility index (Phi) is 3.50. The van der Waals surface area contributed by atoms with Crippen molar-refractivity contribution in [2.45, 2.75) is 20.0 Å². The van der Waals surface area contributed by atoms with Gasteiger partial charge in [0.15, 0.2) is 0 Å². The van der Waals surface area contributed by atoms with Gasteiger partial charge < -0.3 is 9.84 Å². The van der Waals surface area contributed by atoms with Crippen molar-refractivity contribution in [3.05, 3.63) is 30.0 Å². The smallest absolute Gasteiger partial charge is 0.339 e. The molecule has 6 heteroatoms. The number of aromatic carboxylic acids is 1. The fourth-order valence-corrected chi connectivity index (χ4v) is 1.69. The maximum atomic E-state index is 11.1. The quantitative estimate of drug-likeness (QED) is 0.910. The van der Waals surface area contributed by atoms with Gasteiger partial charge in [-0.25, -0.2) is 4.79 Å². The molecule has 2 rings (SSSR count). The second-order valence-electron chi connectivity index (χ2n) is 4.40. The zero-order valence-electron chi connectivity index (χ0n) is 11.0. The van der Waals surface area contributed by atoms with Crippen LogP contribution in [0.1, 0.15) is 24.2 Å². The number of carboxylic acids is 1. The summed E-state index contributed by atoms with van der Waals surface area (Å²) >= 11 is 0. The van der Waals surface area contributed by atoms with Crippen molar-refractivity contribution in [3.8, 4) is 17.0 Å². The van der Waals surface area contributed by atoms with Crippen molar-refractivity contribution < 1.29 is 14.6 Å². The third kappa shape index (κ3) is 2.90. The molecule has 0 aliphatic heterocycles. The lowest BCUT2D eigenvalue weighted by Gasteiger charge is -2.13. The molecular formula is C13H15N3O3. The molecule has 19 heavy (non-hydrogen) atoms. The third-order valence-corrected chi connectivity index (χ3v) is 2.47.